The van der Waals surface area contributed by atoms with Crippen molar-refractivity contribution in [1.82, 2.24) is 0 Å². The van der Waals surface area contributed by atoms with Gasteiger partial charge in [-0.15, -0.1) is 0 Å². The number of para-hydroxylation sites is 1. The van der Waals surface area contributed by atoms with Crippen molar-refractivity contribution in [3.63, 3.8) is 0 Å². The second-order valence-electron chi connectivity index (χ2n) is 7.14. The third-order valence-corrected chi connectivity index (χ3v) is 4.89. The Bertz CT molecular complexity index is 712. The number of hydrogen-bond donors (Lipinski definition) is 0. The average molecular weight is 383 g/mol. The Kier molecular flexibility index (Phi) is 9.61. The molecule has 1 aromatic rings. The van der Waals surface area contributed by atoms with E-state index in [9.17, 15) is 4.79 Å². The summed E-state index contributed by atoms with van der Waals surface area (Å²) in [5.74, 6) is 1.62. The molecule has 0 spiro atoms. The van der Waals surface area contributed by atoms with Crippen molar-refractivity contribution in [2.45, 2.75) is 59.3 Å². The maximum atomic E-state index is 12.8. The highest BCUT2D eigenvalue weighted by Crippen LogP contribution is 2.28. The number of allylic oxidation sites excluding steroid dienone is 4. The summed E-state index contributed by atoms with van der Waals surface area (Å²) in [4.78, 5) is 12.8. The van der Waals surface area contributed by atoms with Gasteiger partial charge < -0.3 is 9.47 Å². The number of unbranched alkanes of at least 4 members (excludes halogenated alkanes) is 2. The van der Waals surface area contributed by atoms with Crippen molar-refractivity contribution in [1.29, 1.82) is 0 Å². The van der Waals surface area contributed by atoms with Gasteiger partial charge in [-0.2, -0.15) is 0 Å². The molecule has 1 aromatic carbocycles. The van der Waals surface area contributed by atoms with E-state index in [4.69, 9.17) is 9.47 Å². The SMILES string of the molecule is CCCCOC1=CCC(CC)=CC1/C=C/C(=O)c1ccccc1OCCCC. The first kappa shape index (κ1) is 22.0. The molecule has 1 aliphatic rings. The summed E-state index contributed by atoms with van der Waals surface area (Å²) in [7, 11) is 0. The molecule has 3 nitrogen and oxygen atoms in total. The fourth-order valence-corrected chi connectivity index (χ4v) is 3.08. The second-order valence-corrected chi connectivity index (χ2v) is 7.14. The largest absolute Gasteiger partial charge is 0.497 e. The third-order valence-electron chi connectivity index (χ3n) is 4.89. The van der Waals surface area contributed by atoms with Crippen LogP contribution >= 0.6 is 0 Å². The monoisotopic (exact) mass is 382 g/mol. The molecule has 0 heterocycles. The highest BCUT2D eigenvalue weighted by Gasteiger charge is 2.17. The Labute approximate surface area is 170 Å². The average Bonchev–Trinajstić information content (AvgIpc) is 2.73. The van der Waals surface area contributed by atoms with E-state index in [1.807, 2.05) is 30.3 Å². The van der Waals surface area contributed by atoms with E-state index in [1.165, 1.54) is 5.57 Å². The van der Waals surface area contributed by atoms with Crippen LogP contribution in [0.2, 0.25) is 0 Å². The van der Waals surface area contributed by atoms with E-state index in [-0.39, 0.29) is 11.7 Å². The maximum absolute atomic E-state index is 12.8. The molecule has 0 saturated carbocycles. The molecule has 3 heteroatoms. The van der Waals surface area contributed by atoms with Crippen LogP contribution in [0.15, 0.2) is 59.9 Å². The first-order chi connectivity index (χ1) is 13.7. The van der Waals surface area contributed by atoms with Crippen LogP contribution in [-0.2, 0) is 4.74 Å². The summed E-state index contributed by atoms with van der Waals surface area (Å²) < 4.78 is 11.8. The molecule has 0 aliphatic heterocycles. The van der Waals surface area contributed by atoms with Crippen molar-refractivity contribution in [3.8, 4) is 5.75 Å². The highest BCUT2D eigenvalue weighted by atomic mass is 16.5. The lowest BCUT2D eigenvalue weighted by atomic mass is 9.93. The Morgan fingerprint density at radius 3 is 2.50 bits per heavy atom. The van der Waals surface area contributed by atoms with Crippen molar-refractivity contribution in [2.75, 3.05) is 13.2 Å². The molecule has 1 atom stereocenters. The first-order valence-corrected chi connectivity index (χ1v) is 10.7. The van der Waals surface area contributed by atoms with Gasteiger partial charge in [0.1, 0.15) is 11.5 Å². The molecular weight excluding hydrogens is 348 g/mol. The fourth-order valence-electron chi connectivity index (χ4n) is 3.08. The number of carbonyl (C=O) groups excluding carboxylic acids is 1. The third kappa shape index (κ3) is 6.70. The molecule has 28 heavy (non-hydrogen) atoms. The summed E-state index contributed by atoms with van der Waals surface area (Å²) in [6.45, 7) is 7.80. The summed E-state index contributed by atoms with van der Waals surface area (Å²) in [5.41, 5.74) is 2.00. The van der Waals surface area contributed by atoms with Gasteiger partial charge >= 0.3 is 0 Å². The molecular formula is C25H34O3. The Morgan fingerprint density at radius 2 is 1.79 bits per heavy atom. The topological polar surface area (TPSA) is 35.5 Å². The highest BCUT2D eigenvalue weighted by molar-refractivity contribution is 6.06. The van der Waals surface area contributed by atoms with Crippen LogP contribution in [0.3, 0.4) is 0 Å². The summed E-state index contributed by atoms with van der Waals surface area (Å²) in [6.07, 6.45) is 14.2. The number of benzene rings is 1. The van der Waals surface area contributed by atoms with Crippen molar-refractivity contribution >= 4 is 5.78 Å². The van der Waals surface area contributed by atoms with E-state index >= 15 is 0 Å². The van der Waals surface area contributed by atoms with Crippen molar-refractivity contribution in [2.24, 2.45) is 5.92 Å². The number of carbonyl (C=O) groups is 1. The number of ether oxygens (including phenoxy) is 2. The molecule has 0 N–H and O–H groups in total. The zero-order chi connectivity index (χ0) is 20.2. The van der Waals surface area contributed by atoms with Crippen LogP contribution in [0.25, 0.3) is 0 Å². The van der Waals surface area contributed by atoms with E-state index in [0.717, 1.165) is 50.9 Å². The molecule has 0 amide bonds. The van der Waals surface area contributed by atoms with Crippen molar-refractivity contribution in [3.05, 3.63) is 65.5 Å². The minimum Gasteiger partial charge on any atom is -0.497 e. The van der Waals surface area contributed by atoms with Crippen LogP contribution < -0.4 is 4.74 Å². The van der Waals surface area contributed by atoms with Gasteiger partial charge in [-0.3, -0.25) is 4.79 Å². The minimum absolute atomic E-state index is 0.0256. The predicted molar refractivity (Wildman–Crippen MR) is 116 cm³/mol. The van der Waals surface area contributed by atoms with Crippen LogP contribution in [0, 0.1) is 5.92 Å². The van der Waals surface area contributed by atoms with E-state index in [1.54, 1.807) is 6.08 Å². The van der Waals surface area contributed by atoms with Gasteiger partial charge in [0.05, 0.1) is 24.7 Å². The van der Waals surface area contributed by atoms with Crippen LogP contribution in [0.1, 0.15) is 69.7 Å². The van der Waals surface area contributed by atoms with Gasteiger partial charge in [-0.05, 0) is 50.0 Å². The molecule has 2 rings (SSSR count). The molecule has 1 aliphatic carbocycles. The Balaban J connectivity index is 2.11. The Morgan fingerprint density at radius 1 is 1.07 bits per heavy atom. The molecule has 0 radical (unpaired) electrons. The lowest BCUT2D eigenvalue weighted by Crippen LogP contribution is -2.10. The van der Waals surface area contributed by atoms with Gasteiger partial charge in [-0.1, -0.05) is 63.5 Å². The van der Waals surface area contributed by atoms with Crippen LogP contribution in [0.4, 0.5) is 0 Å². The van der Waals surface area contributed by atoms with Gasteiger partial charge in [0.2, 0.25) is 0 Å². The summed E-state index contributed by atoms with van der Waals surface area (Å²) >= 11 is 0. The summed E-state index contributed by atoms with van der Waals surface area (Å²) in [5, 5.41) is 0. The lowest BCUT2D eigenvalue weighted by Gasteiger charge is -2.21. The van der Waals surface area contributed by atoms with Gasteiger partial charge in [-0.25, -0.2) is 0 Å². The van der Waals surface area contributed by atoms with Gasteiger partial charge in [0.15, 0.2) is 5.78 Å². The Hall–Kier alpha value is -2.29. The molecule has 0 aromatic heterocycles. The molecule has 0 bridgehead atoms. The number of rotatable bonds is 12. The van der Waals surface area contributed by atoms with E-state index < -0.39 is 0 Å². The molecule has 152 valence electrons. The fraction of sp³-hybridized carbons (Fsp3) is 0.480. The lowest BCUT2D eigenvalue weighted by molar-refractivity contribution is 0.104. The predicted octanol–water partition coefficient (Wildman–Crippen LogP) is 6.66. The number of hydrogen-bond acceptors (Lipinski definition) is 3. The molecule has 1 unspecified atom stereocenters. The quantitative estimate of drug-likeness (QED) is 0.175. The maximum Gasteiger partial charge on any atom is 0.189 e. The normalized spacial score (nSPS) is 16.6. The zero-order valence-corrected chi connectivity index (χ0v) is 17.6. The minimum atomic E-state index is -0.0305. The van der Waals surface area contributed by atoms with Gasteiger partial charge in [0, 0.05) is 0 Å². The second kappa shape index (κ2) is 12.2. The smallest absolute Gasteiger partial charge is 0.189 e. The first-order valence-electron chi connectivity index (χ1n) is 10.7. The van der Waals surface area contributed by atoms with Crippen molar-refractivity contribution < 1.29 is 14.3 Å². The van der Waals surface area contributed by atoms with Crippen LogP contribution in [0.5, 0.6) is 5.75 Å². The van der Waals surface area contributed by atoms with E-state index in [0.29, 0.717) is 17.9 Å². The molecule has 0 fully saturated rings. The summed E-state index contributed by atoms with van der Waals surface area (Å²) in [6, 6.07) is 7.48. The molecule has 0 saturated heterocycles. The number of ketones is 1. The zero-order valence-electron chi connectivity index (χ0n) is 17.6. The van der Waals surface area contributed by atoms with Gasteiger partial charge in [0.25, 0.3) is 0 Å². The van der Waals surface area contributed by atoms with E-state index in [2.05, 4.69) is 32.9 Å². The standard InChI is InChI=1S/C25H34O3/c1-4-7-17-27-24-16-13-20(6-3)19-21(24)14-15-23(26)22-11-9-10-12-25(22)28-18-8-5-2/h9-12,14-16,19,21H,4-8,13,17-18H2,1-3H3/b15-14+. The van der Waals surface area contributed by atoms with Crippen LogP contribution in [-0.4, -0.2) is 19.0 Å².